The van der Waals surface area contributed by atoms with Crippen LogP contribution in [0.15, 0.2) is 0 Å². The highest BCUT2D eigenvalue weighted by atomic mass is 35.5. The van der Waals surface area contributed by atoms with Crippen molar-refractivity contribution in [3.63, 3.8) is 0 Å². The first-order valence-corrected chi connectivity index (χ1v) is 7.16. The van der Waals surface area contributed by atoms with Crippen molar-refractivity contribution in [3.05, 3.63) is 10.6 Å². The molecule has 0 amide bonds. The lowest BCUT2D eigenvalue weighted by molar-refractivity contribution is -0.137. The lowest BCUT2D eigenvalue weighted by Crippen LogP contribution is -2.68. The molecule has 0 heterocycles. The Kier molecular flexibility index (Phi) is 4.84. The maximum absolute atomic E-state index is 12.8. The lowest BCUT2D eigenvalue weighted by atomic mass is 9.29. The molecule has 24 heavy (non-hydrogen) atoms. The molecule has 1 saturated carbocycles. The van der Waals surface area contributed by atoms with Crippen molar-refractivity contribution in [2.24, 2.45) is 5.73 Å². The van der Waals surface area contributed by atoms with Crippen molar-refractivity contribution in [2.75, 3.05) is 0 Å². The maximum atomic E-state index is 12.8. The summed E-state index contributed by atoms with van der Waals surface area (Å²) in [6, 6.07) is 0. The number of ketones is 1. The highest BCUT2D eigenvalue weighted by Gasteiger charge is 2.59. The molecule has 3 nitrogen and oxygen atoms in total. The summed E-state index contributed by atoms with van der Waals surface area (Å²) < 4.78 is 0. The van der Waals surface area contributed by atoms with Gasteiger partial charge in [-0.15, -0.1) is 10.9 Å². The summed E-state index contributed by atoms with van der Waals surface area (Å²) in [5.74, 6) is -1.07. The minimum Gasteiger partial charge on any atom is -0.386 e. The summed E-state index contributed by atoms with van der Waals surface area (Å²) in [7, 11) is 46.7. The summed E-state index contributed by atoms with van der Waals surface area (Å²) in [6.07, 6.45) is -2.30. The zero-order chi connectivity index (χ0) is 18.8. The maximum Gasteiger partial charge on any atom is 0.183 e. The molecule has 1 aromatic rings. The van der Waals surface area contributed by atoms with Gasteiger partial charge in [-0.05, 0) is 5.56 Å². The van der Waals surface area contributed by atoms with Gasteiger partial charge in [-0.3, -0.25) is 4.79 Å². The van der Waals surface area contributed by atoms with Gasteiger partial charge in [-0.1, -0.05) is 39.4 Å². The van der Waals surface area contributed by atoms with Crippen LogP contribution in [-0.4, -0.2) is 79.8 Å². The van der Waals surface area contributed by atoms with Crippen LogP contribution < -0.4 is 27.6 Å². The molecule has 0 spiro atoms. The molecule has 2 rings (SSSR count). The van der Waals surface area contributed by atoms with Gasteiger partial charge >= 0.3 is 0 Å². The van der Waals surface area contributed by atoms with Gasteiger partial charge in [0.25, 0.3) is 0 Å². The summed E-state index contributed by atoms with van der Waals surface area (Å²) in [4.78, 5) is 12.8. The number of rotatable bonds is 1. The molecule has 2 unspecified atom stereocenters. The number of carbonyl (C=O) groups is 1. The van der Waals surface area contributed by atoms with Crippen LogP contribution in [0.25, 0.3) is 0 Å². The second-order valence-electron chi connectivity index (χ2n) is 6.25. The molecular formula is C12H6B8ClNO2. The largest absolute Gasteiger partial charge is 0.386 e. The van der Waals surface area contributed by atoms with Gasteiger partial charge in [0.15, 0.2) is 5.78 Å². The number of nitrogens with two attached hydrogens (primary N) is 1. The summed E-state index contributed by atoms with van der Waals surface area (Å²) in [6.45, 7) is 0. The summed E-state index contributed by atoms with van der Waals surface area (Å²) in [5.41, 5.74) is 3.11. The van der Waals surface area contributed by atoms with E-state index in [0.717, 1.165) is 0 Å². The average molecular weight is 318 g/mol. The number of aliphatic hydroxyl groups is 1. The Balaban J connectivity index is 2.87. The third-order valence-corrected chi connectivity index (χ3v) is 4.86. The van der Waals surface area contributed by atoms with Crippen LogP contribution in [0.3, 0.4) is 0 Å². The van der Waals surface area contributed by atoms with Gasteiger partial charge in [0.1, 0.15) is 37.5 Å². The fourth-order valence-corrected chi connectivity index (χ4v) is 3.32. The molecule has 0 aliphatic heterocycles. The third kappa shape index (κ3) is 2.50. The molecular weight excluding hydrogens is 312 g/mol. The van der Waals surface area contributed by atoms with Crippen LogP contribution in [0.1, 0.15) is 12.0 Å². The van der Waals surface area contributed by atoms with Crippen LogP contribution in [0.2, 0.25) is 15.5 Å². The van der Waals surface area contributed by atoms with Gasteiger partial charge < -0.3 is 10.8 Å². The van der Waals surface area contributed by atoms with Crippen molar-refractivity contribution in [1.82, 2.24) is 0 Å². The Morgan fingerprint density at radius 3 is 1.96 bits per heavy atom. The minimum absolute atomic E-state index is 0.0831. The van der Waals surface area contributed by atoms with Gasteiger partial charge in [-0.25, -0.2) is 0 Å². The first-order chi connectivity index (χ1) is 10.7. The van der Waals surface area contributed by atoms with E-state index in [9.17, 15) is 9.90 Å². The topological polar surface area (TPSA) is 63.3 Å². The first kappa shape index (κ1) is 19.9. The highest BCUT2D eigenvalue weighted by molar-refractivity contribution is 6.66. The number of hydrogen-bond donors (Lipinski definition) is 2. The van der Waals surface area contributed by atoms with E-state index in [-0.39, 0.29) is 32.4 Å². The van der Waals surface area contributed by atoms with Crippen molar-refractivity contribution < 1.29 is 9.90 Å². The zero-order valence-corrected chi connectivity index (χ0v) is 13.5. The standard InChI is InChI=1S/C12H6B8ClNO2/c13-3-2(7(21)6(16)5(15)4(3)14)12(22)9(24)8(23)10(17,18)1-11(12,19)20/h8,23H,1,22H2. The van der Waals surface area contributed by atoms with E-state index in [1.165, 1.54) is 0 Å². The highest BCUT2D eigenvalue weighted by Crippen LogP contribution is 2.55. The molecule has 1 fully saturated rings. The Hall–Kier alpha value is -0.381. The number of carbonyl (C=O) groups excluding carboxylic acids is 1. The minimum atomic E-state index is -2.26. The van der Waals surface area contributed by atoms with Crippen LogP contribution in [0, 0.1) is 0 Å². The number of aliphatic hydroxyl groups excluding tert-OH is 1. The fraction of sp³-hybridized carbons (Fsp3) is 0.417. The van der Waals surface area contributed by atoms with Crippen LogP contribution in [-0.2, 0) is 10.3 Å². The van der Waals surface area contributed by atoms with Crippen molar-refractivity contribution in [1.29, 1.82) is 0 Å². The number of benzene rings is 1. The molecule has 1 aromatic carbocycles. The number of hydrogen-bond acceptors (Lipinski definition) is 3. The Labute approximate surface area is 156 Å². The van der Waals surface area contributed by atoms with E-state index >= 15 is 0 Å². The molecule has 1 aliphatic carbocycles. The molecule has 102 valence electrons. The predicted octanol–water partition coefficient (Wildman–Crippen LogP) is -5.09. The van der Waals surface area contributed by atoms with E-state index in [1.54, 1.807) is 0 Å². The molecule has 0 aromatic heterocycles. The van der Waals surface area contributed by atoms with Crippen LogP contribution in [0.4, 0.5) is 0 Å². The summed E-state index contributed by atoms with van der Waals surface area (Å²) >= 11 is 6.18. The normalized spacial score (nSPS) is 28.6. The average Bonchev–Trinajstić information content (AvgIpc) is 2.47. The van der Waals surface area contributed by atoms with E-state index < -0.39 is 34.3 Å². The van der Waals surface area contributed by atoms with Gasteiger partial charge in [0.05, 0.1) is 36.9 Å². The molecule has 0 bridgehead atoms. The Bertz CT molecular complexity index is 711. The van der Waals surface area contributed by atoms with Crippen molar-refractivity contribution in [2.45, 2.75) is 28.5 Å². The Morgan fingerprint density at radius 2 is 1.46 bits per heavy atom. The van der Waals surface area contributed by atoms with Crippen molar-refractivity contribution in [3.8, 4) is 0 Å². The lowest BCUT2D eigenvalue weighted by Gasteiger charge is -2.56. The second-order valence-corrected chi connectivity index (χ2v) is 6.63. The van der Waals surface area contributed by atoms with E-state index in [0.29, 0.717) is 0 Å². The Morgan fingerprint density at radius 1 is 1.00 bits per heavy atom. The predicted molar refractivity (Wildman–Crippen MR) is 103 cm³/mol. The summed E-state index contributed by atoms with van der Waals surface area (Å²) in [5, 5.41) is 5.99. The molecule has 16 radical (unpaired) electrons. The van der Waals surface area contributed by atoms with E-state index in [1.807, 2.05) is 0 Å². The molecule has 3 N–H and O–H groups in total. The monoisotopic (exact) mass is 319 g/mol. The smallest absolute Gasteiger partial charge is 0.183 e. The van der Waals surface area contributed by atoms with E-state index in [4.69, 9.17) is 80.1 Å². The van der Waals surface area contributed by atoms with Gasteiger partial charge in [0, 0.05) is 5.02 Å². The zero-order valence-electron chi connectivity index (χ0n) is 12.7. The van der Waals surface area contributed by atoms with Crippen LogP contribution in [0.5, 0.6) is 0 Å². The third-order valence-electron chi connectivity index (χ3n) is 4.47. The molecule has 2 atom stereocenters. The quantitative estimate of drug-likeness (QED) is 0.510. The fourth-order valence-electron chi connectivity index (χ4n) is 2.97. The number of halogens is 1. The molecule has 1 aliphatic rings. The van der Waals surface area contributed by atoms with Gasteiger partial charge in [0.2, 0.25) is 0 Å². The van der Waals surface area contributed by atoms with E-state index in [2.05, 4.69) is 0 Å². The second kappa shape index (κ2) is 5.82. The first-order valence-electron chi connectivity index (χ1n) is 6.78. The van der Waals surface area contributed by atoms with Crippen LogP contribution >= 0.6 is 11.6 Å². The molecule has 12 heteroatoms. The van der Waals surface area contributed by atoms with Crippen molar-refractivity contribution >= 4 is 102 Å². The SMILES string of the molecule is [B]c1c([B])c([B])c(C2(N)C(=O)C(O)C([B])([B])CC2([B])[B])c(Cl)c1[B]. The van der Waals surface area contributed by atoms with Gasteiger partial charge in [-0.2, -0.15) is 0 Å². The number of Topliss-reactive ketones (excluding diaryl/α,β-unsaturated/α-hetero) is 1. The molecule has 0 saturated heterocycles.